The molecule has 0 spiro atoms. The SMILES string of the molecule is COc1ccc(-c2cc3c(N(N)c4cccc(Cl)c4)ncnc3n2C(C)C)cc1. The molecule has 0 saturated heterocycles. The predicted octanol–water partition coefficient (Wildman–Crippen LogP) is 5.35. The minimum Gasteiger partial charge on any atom is -0.497 e. The molecule has 2 aromatic carbocycles. The van der Waals surface area contributed by atoms with Crippen LogP contribution in [0.15, 0.2) is 60.9 Å². The molecule has 0 atom stereocenters. The molecule has 4 aromatic rings. The number of methoxy groups -OCH3 is 1. The topological polar surface area (TPSA) is 69.2 Å². The molecule has 4 rings (SSSR count). The number of anilines is 2. The van der Waals surface area contributed by atoms with Crippen molar-refractivity contribution in [1.82, 2.24) is 14.5 Å². The highest BCUT2D eigenvalue weighted by atomic mass is 35.5. The lowest BCUT2D eigenvalue weighted by atomic mass is 10.1. The molecule has 0 aliphatic carbocycles. The molecular weight excluding hydrogens is 386 g/mol. The second kappa shape index (κ2) is 7.73. The van der Waals surface area contributed by atoms with Crippen molar-refractivity contribution < 1.29 is 4.74 Å². The van der Waals surface area contributed by atoms with Gasteiger partial charge in [-0.3, -0.25) is 5.01 Å². The van der Waals surface area contributed by atoms with E-state index in [1.54, 1.807) is 24.5 Å². The summed E-state index contributed by atoms with van der Waals surface area (Å²) >= 11 is 6.14. The maximum absolute atomic E-state index is 6.42. The van der Waals surface area contributed by atoms with Crippen molar-refractivity contribution in [3.8, 4) is 17.0 Å². The molecule has 0 aliphatic rings. The van der Waals surface area contributed by atoms with Crippen LogP contribution in [0.1, 0.15) is 19.9 Å². The third kappa shape index (κ3) is 3.52. The number of hydrogen-bond acceptors (Lipinski definition) is 5. The van der Waals surface area contributed by atoms with E-state index in [4.69, 9.17) is 22.2 Å². The van der Waals surface area contributed by atoms with Crippen molar-refractivity contribution in [3.63, 3.8) is 0 Å². The van der Waals surface area contributed by atoms with E-state index >= 15 is 0 Å². The van der Waals surface area contributed by atoms with E-state index in [-0.39, 0.29) is 6.04 Å². The van der Waals surface area contributed by atoms with Crippen molar-refractivity contribution in [2.45, 2.75) is 19.9 Å². The number of fused-ring (bicyclic) bond motifs is 1. The summed E-state index contributed by atoms with van der Waals surface area (Å²) in [7, 11) is 1.66. The van der Waals surface area contributed by atoms with Gasteiger partial charge in [-0.1, -0.05) is 17.7 Å². The third-order valence-corrected chi connectivity index (χ3v) is 5.06. The molecule has 2 heterocycles. The summed E-state index contributed by atoms with van der Waals surface area (Å²) in [6.45, 7) is 4.26. The molecule has 0 saturated carbocycles. The first-order valence-corrected chi connectivity index (χ1v) is 9.68. The van der Waals surface area contributed by atoms with Gasteiger partial charge in [-0.05, 0) is 67.9 Å². The van der Waals surface area contributed by atoms with E-state index in [1.807, 2.05) is 42.5 Å². The Morgan fingerprint density at radius 1 is 1.07 bits per heavy atom. The Kier molecular flexibility index (Phi) is 5.13. The van der Waals surface area contributed by atoms with Gasteiger partial charge in [0.15, 0.2) is 5.82 Å². The maximum atomic E-state index is 6.42. The summed E-state index contributed by atoms with van der Waals surface area (Å²) in [5.41, 5.74) is 3.68. The monoisotopic (exact) mass is 407 g/mol. The van der Waals surface area contributed by atoms with Crippen LogP contribution in [0.4, 0.5) is 11.5 Å². The second-order valence-corrected chi connectivity index (χ2v) is 7.44. The molecule has 2 aromatic heterocycles. The largest absolute Gasteiger partial charge is 0.497 e. The summed E-state index contributed by atoms with van der Waals surface area (Å²) in [5, 5.41) is 3.02. The quantitative estimate of drug-likeness (QED) is 0.356. The van der Waals surface area contributed by atoms with Crippen LogP contribution < -0.4 is 15.6 Å². The highest BCUT2D eigenvalue weighted by Crippen LogP contribution is 2.36. The number of halogens is 1. The molecular formula is C22H22ClN5O. The zero-order chi connectivity index (χ0) is 20.5. The first-order chi connectivity index (χ1) is 14.0. The molecule has 6 nitrogen and oxygen atoms in total. The number of nitrogens with zero attached hydrogens (tertiary/aromatic N) is 4. The fraction of sp³-hybridized carbons (Fsp3) is 0.182. The summed E-state index contributed by atoms with van der Waals surface area (Å²) in [6.07, 6.45) is 1.54. The van der Waals surface area contributed by atoms with Crippen LogP contribution in [0.5, 0.6) is 5.75 Å². The minimum absolute atomic E-state index is 0.199. The maximum Gasteiger partial charge on any atom is 0.160 e. The lowest BCUT2D eigenvalue weighted by molar-refractivity contribution is 0.415. The lowest BCUT2D eigenvalue weighted by Crippen LogP contribution is -2.26. The average Bonchev–Trinajstić information content (AvgIpc) is 3.13. The molecule has 0 unspecified atom stereocenters. The standard InChI is InChI=1S/C22H22ClN5O/c1-14(2)27-20(15-7-9-18(29-3)10-8-15)12-19-21(27)25-13-26-22(19)28(24)17-6-4-5-16(23)11-17/h4-14H,24H2,1-3H3. The van der Waals surface area contributed by atoms with Crippen molar-refractivity contribution in [2.24, 2.45) is 5.84 Å². The summed E-state index contributed by atoms with van der Waals surface area (Å²) < 4.78 is 7.48. The summed E-state index contributed by atoms with van der Waals surface area (Å²) in [4.78, 5) is 9.02. The van der Waals surface area contributed by atoms with Gasteiger partial charge in [-0.25, -0.2) is 15.8 Å². The Balaban J connectivity index is 1.90. The number of ether oxygens (including phenoxy) is 1. The number of rotatable bonds is 5. The van der Waals surface area contributed by atoms with Crippen molar-refractivity contribution in [1.29, 1.82) is 0 Å². The van der Waals surface area contributed by atoms with Crippen LogP contribution in [-0.4, -0.2) is 21.6 Å². The van der Waals surface area contributed by atoms with Crippen LogP contribution in [0.25, 0.3) is 22.3 Å². The Labute approximate surface area is 174 Å². The Morgan fingerprint density at radius 3 is 2.48 bits per heavy atom. The van der Waals surface area contributed by atoms with Gasteiger partial charge in [0.2, 0.25) is 0 Å². The van der Waals surface area contributed by atoms with E-state index < -0.39 is 0 Å². The first kappa shape index (κ1) is 19.2. The van der Waals surface area contributed by atoms with E-state index in [2.05, 4.69) is 34.4 Å². The molecule has 7 heteroatoms. The van der Waals surface area contributed by atoms with E-state index in [0.29, 0.717) is 10.8 Å². The van der Waals surface area contributed by atoms with Gasteiger partial charge in [0.25, 0.3) is 0 Å². The van der Waals surface area contributed by atoms with Gasteiger partial charge in [-0.2, -0.15) is 0 Å². The highest BCUT2D eigenvalue weighted by Gasteiger charge is 2.20. The van der Waals surface area contributed by atoms with Gasteiger partial charge in [0.05, 0.1) is 23.9 Å². The van der Waals surface area contributed by atoms with Crippen LogP contribution in [0.2, 0.25) is 5.02 Å². The molecule has 0 fully saturated rings. The van der Waals surface area contributed by atoms with E-state index in [9.17, 15) is 0 Å². The van der Waals surface area contributed by atoms with Crippen molar-refractivity contribution in [2.75, 3.05) is 12.1 Å². The summed E-state index contributed by atoms with van der Waals surface area (Å²) in [6, 6.07) is 17.6. The van der Waals surface area contributed by atoms with Crippen molar-refractivity contribution in [3.05, 3.63) is 65.9 Å². The Hall–Kier alpha value is -3.09. The number of benzene rings is 2. The molecule has 0 radical (unpaired) electrons. The molecule has 148 valence electrons. The first-order valence-electron chi connectivity index (χ1n) is 9.30. The van der Waals surface area contributed by atoms with Gasteiger partial charge in [0, 0.05) is 11.1 Å². The van der Waals surface area contributed by atoms with Gasteiger partial charge in [-0.15, -0.1) is 0 Å². The van der Waals surface area contributed by atoms with Gasteiger partial charge in [0.1, 0.15) is 17.7 Å². The molecule has 2 N–H and O–H groups in total. The lowest BCUT2D eigenvalue weighted by Gasteiger charge is -2.19. The minimum atomic E-state index is 0.199. The third-order valence-electron chi connectivity index (χ3n) is 4.83. The summed E-state index contributed by atoms with van der Waals surface area (Å²) in [5.74, 6) is 7.85. The molecule has 29 heavy (non-hydrogen) atoms. The zero-order valence-electron chi connectivity index (χ0n) is 16.5. The number of hydrazine groups is 1. The van der Waals surface area contributed by atoms with Crippen LogP contribution in [-0.2, 0) is 0 Å². The van der Waals surface area contributed by atoms with Crippen LogP contribution >= 0.6 is 11.6 Å². The highest BCUT2D eigenvalue weighted by molar-refractivity contribution is 6.30. The van der Waals surface area contributed by atoms with Gasteiger partial charge >= 0.3 is 0 Å². The zero-order valence-corrected chi connectivity index (χ0v) is 17.3. The number of aromatic nitrogens is 3. The van der Waals surface area contributed by atoms with Crippen molar-refractivity contribution >= 4 is 34.1 Å². The fourth-order valence-corrected chi connectivity index (χ4v) is 3.65. The van der Waals surface area contributed by atoms with Crippen LogP contribution in [0, 0.1) is 0 Å². The molecule has 0 amide bonds. The number of hydrogen-bond donors (Lipinski definition) is 1. The molecule has 0 aliphatic heterocycles. The van der Waals surface area contributed by atoms with Gasteiger partial charge < -0.3 is 9.30 Å². The normalized spacial score (nSPS) is 11.2. The second-order valence-electron chi connectivity index (χ2n) is 7.01. The predicted molar refractivity (Wildman–Crippen MR) is 118 cm³/mol. The van der Waals surface area contributed by atoms with Crippen LogP contribution in [0.3, 0.4) is 0 Å². The Morgan fingerprint density at radius 2 is 1.83 bits per heavy atom. The average molecular weight is 408 g/mol. The Bertz CT molecular complexity index is 1150. The van der Waals surface area contributed by atoms with E-state index in [1.165, 1.54) is 0 Å². The number of nitrogens with two attached hydrogens (primary N) is 1. The molecule has 0 bridgehead atoms. The fourth-order valence-electron chi connectivity index (χ4n) is 3.47. The van der Waals surface area contributed by atoms with E-state index in [0.717, 1.165) is 33.7 Å². The smallest absolute Gasteiger partial charge is 0.160 e.